The Morgan fingerprint density at radius 3 is 2.67 bits per heavy atom. The van der Waals surface area contributed by atoms with Crippen LogP contribution in [0.1, 0.15) is 24.3 Å². The van der Waals surface area contributed by atoms with Crippen molar-refractivity contribution in [3.8, 4) is 17.0 Å². The normalized spacial score (nSPS) is 10.5. The lowest BCUT2D eigenvalue weighted by atomic mass is 10.1. The van der Waals surface area contributed by atoms with Gasteiger partial charge in [0.05, 0.1) is 13.2 Å². The van der Waals surface area contributed by atoms with E-state index in [1.54, 1.807) is 33.2 Å². The van der Waals surface area contributed by atoms with Crippen LogP contribution in [0.3, 0.4) is 0 Å². The second kappa shape index (κ2) is 6.34. The van der Waals surface area contributed by atoms with Crippen LogP contribution in [0.15, 0.2) is 18.3 Å². The van der Waals surface area contributed by atoms with Crippen molar-refractivity contribution in [2.75, 3.05) is 13.2 Å². The smallest absolute Gasteiger partial charge is 0.359 e. The molecule has 0 unspecified atom stereocenters. The van der Waals surface area contributed by atoms with E-state index in [0.29, 0.717) is 12.2 Å². The van der Waals surface area contributed by atoms with Crippen LogP contribution in [0.4, 0.5) is 4.39 Å². The molecule has 0 aliphatic heterocycles. The summed E-state index contributed by atoms with van der Waals surface area (Å²) in [5.74, 6) is -1.12. The Kier molecular flexibility index (Phi) is 4.52. The Hall–Kier alpha value is -2.44. The lowest BCUT2D eigenvalue weighted by molar-refractivity contribution is 0.0519. The SMILES string of the molecule is CCOC(=O)c1nn(C)cc1-c1ccc(OCC)nc1F. The Bertz CT molecular complexity index is 655. The van der Waals surface area contributed by atoms with Gasteiger partial charge in [-0.25, -0.2) is 4.79 Å². The number of hydrogen-bond acceptors (Lipinski definition) is 5. The molecule has 0 N–H and O–H groups in total. The van der Waals surface area contributed by atoms with Crippen molar-refractivity contribution in [1.82, 2.24) is 14.8 Å². The van der Waals surface area contributed by atoms with Crippen LogP contribution in [0.5, 0.6) is 5.88 Å². The summed E-state index contributed by atoms with van der Waals surface area (Å²) in [6, 6.07) is 3.05. The molecule has 0 aromatic carbocycles. The predicted octanol–water partition coefficient (Wildman–Crippen LogP) is 2.20. The van der Waals surface area contributed by atoms with Gasteiger partial charge < -0.3 is 9.47 Å². The van der Waals surface area contributed by atoms with Crippen molar-refractivity contribution in [2.24, 2.45) is 7.05 Å². The number of aryl methyl sites for hydroxylation is 1. The van der Waals surface area contributed by atoms with Gasteiger partial charge in [0.1, 0.15) is 0 Å². The molecule has 2 rings (SSSR count). The third-order valence-electron chi connectivity index (χ3n) is 2.70. The van der Waals surface area contributed by atoms with Crippen LogP contribution in [0.25, 0.3) is 11.1 Å². The van der Waals surface area contributed by atoms with Gasteiger partial charge in [-0.15, -0.1) is 0 Å². The molecule has 7 heteroatoms. The number of esters is 1. The van der Waals surface area contributed by atoms with Gasteiger partial charge in [0, 0.05) is 30.4 Å². The number of aromatic nitrogens is 3. The quantitative estimate of drug-likeness (QED) is 0.624. The molecular formula is C14H16FN3O3. The van der Waals surface area contributed by atoms with Gasteiger partial charge in [-0.05, 0) is 19.9 Å². The molecule has 2 aromatic rings. The number of hydrogen-bond donors (Lipinski definition) is 0. The highest BCUT2D eigenvalue weighted by Gasteiger charge is 2.21. The topological polar surface area (TPSA) is 66.2 Å². The highest BCUT2D eigenvalue weighted by molar-refractivity contribution is 5.95. The van der Waals surface area contributed by atoms with Crippen molar-refractivity contribution >= 4 is 5.97 Å². The maximum Gasteiger partial charge on any atom is 0.359 e. The third-order valence-corrected chi connectivity index (χ3v) is 2.70. The Morgan fingerprint density at radius 1 is 1.29 bits per heavy atom. The van der Waals surface area contributed by atoms with Crippen molar-refractivity contribution in [1.29, 1.82) is 0 Å². The lowest BCUT2D eigenvalue weighted by Crippen LogP contribution is -2.08. The summed E-state index contributed by atoms with van der Waals surface area (Å²) in [5, 5.41) is 4.02. The van der Waals surface area contributed by atoms with Crippen LogP contribution in [-0.4, -0.2) is 33.9 Å². The summed E-state index contributed by atoms with van der Waals surface area (Å²) in [5.41, 5.74) is 0.572. The Morgan fingerprint density at radius 2 is 2.05 bits per heavy atom. The summed E-state index contributed by atoms with van der Waals surface area (Å²) in [7, 11) is 1.64. The molecule has 0 saturated heterocycles. The summed E-state index contributed by atoms with van der Waals surface area (Å²) < 4.78 is 25.6. The molecule has 0 atom stereocenters. The molecule has 21 heavy (non-hydrogen) atoms. The molecule has 2 heterocycles. The number of halogens is 1. The van der Waals surface area contributed by atoms with Crippen LogP contribution >= 0.6 is 0 Å². The zero-order valence-electron chi connectivity index (χ0n) is 12.1. The van der Waals surface area contributed by atoms with E-state index >= 15 is 0 Å². The molecule has 0 aliphatic carbocycles. The summed E-state index contributed by atoms with van der Waals surface area (Å²) in [4.78, 5) is 15.6. The molecule has 0 saturated carbocycles. The standard InChI is InChI=1S/C14H16FN3O3/c1-4-20-11-7-6-9(13(15)16-11)10-8-18(3)17-12(10)14(19)21-5-2/h6-8H,4-5H2,1-3H3. The first-order chi connectivity index (χ1) is 10.1. The van der Waals surface area contributed by atoms with Gasteiger partial charge in [0.15, 0.2) is 5.69 Å². The first-order valence-corrected chi connectivity index (χ1v) is 6.57. The number of pyridine rings is 1. The minimum absolute atomic E-state index is 0.0595. The first kappa shape index (κ1) is 15.0. The zero-order valence-corrected chi connectivity index (χ0v) is 12.1. The molecule has 6 nitrogen and oxygen atoms in total. The second-order valence-corrected chi connectivity index (χ2v) is 4.21. The van der Waals surface area contributed by atoms with Gasteiger partial charge >= 0.3 is 5.97 Å². The fraction of sp³-hybridized carbons (Fsp3) is 0.357. The van der Waals surface area contributed by atoms with Gasteiger partial charge in [0.2, 0.25) is 11.8 Å². The third kappa shape index (κ3) is 3.18. The van der Waals surface area contributed by atoms with Crippen LogP contribution in [0.2, 0.25) is 0 Å². The van der Waals surface area contributed by atoms with Crippen LogP contribution in [0, 0.1) is 5.95 Å². The van der Waals surface area contributed by atoms with Crippen molar-refractivity contribution in [2.45, 2.75) is 13.8 Å². The van der Waals surface area contributed by atoms with Gasteiger partial charge in [-0.1, -0.05) is 0 Å². The summed E-state index contributed by atoms with van der Waals surface area (Å²) >= 11 is 0. The van der Waals surface area contributed by atoms with Gasteiger partial charge in [-0.3, -0.25) is 4.68 Å². The number of nitrogens with zero attached hydrogens (tertiary/aromatic N) is 3. The highest BCUT2D eigenvalue weighted by atomic mass is 19.1. The van der Waals surface area contributed by atoms with Crippen molar-refractivity contribution < 1.29 is 18.7 Å². The van der Waals surface area contributed by atoms with Crippen molar-refractivity contribution in [3.63, 3.8) is 0 Å². The molecule has 112 valence electrons. The highest BCUT2D eigenvalue weighted by Crippen LogP contribution is 2.27. The second-order valence-electron chi connectivity index (χ2n) is 4.21. The molecular weight excluding hydrogens is 277 g/mol. The lowest BCUT2D eigenvalue weighted by Gasteiger charge is -2.06. The van der Waals surface area contributed by atoms with Crippen LogP contribution in [-0.2, 0) is 11.8 Å². The molecule has 0 aliphatic rings. The molecule has 0 amide bonds. The van der Waals surface area contributed by atoms with E-state index < -0.39 is 11.9 Å². The monoisotopic (exact) mass is 293 g/mol. The maximum atomic E-state index is 14.1. The molecule has 0 radical (unpaired) electrons. The largest absolute Gasteiger partial charge is 0.478 e. The van der Waals surface area contributed by atoms with E-state index in [-0.39, 0.29) is 23.7 Å². The summed E-state index contributed by atoms with van der Waals surface area (Å²) in [6.45, 7) is 4.10. The van der Waals surface area contributed by atoms with E-state index in [4.69, 9.17) is 9.47 Å². The average molecular weight is 293 g/mol. The maximum absolute atomic E-state index is 14.1. The van der Waals surface area contributed by atoms with Crippen molar-refractivity contribution in [3.05, 3.63) is 30.0 Å². The molecule has 0 bridgehead atoms. The fourth-order valence-electron chi connectivity index (χ4n) is 1.88. The predicted molar refractivity (Wildman–Crippen MR) is 73.5 cm³/mol. The minimum atomic E-state index is -0.723. The van der Waals surface area contributed by atoms with E-state index in [0.717, 1.165) is 0 Å². The molecule has 0 fully saturated rings. The van der Waals surface area contributed by atoms with Crippen LogP contribution < -0.4 is 4.74 Å². The Labute approximate surface area is 121 Å². The Balaban J connectivity index is 2.44. The number of carbonyl (C=O) groups excluding carboxylic acids is 1. The van der Waals surface area contributed by atoms with E-state index in [9.17, 15) is 9.18 Å². The first-order valence-electron chi connectivity index (χ1n) is 6.57. The van der Waals surface area contributed by atoms with Gasteiger partial charge in [-0.2, -0.15) is 14.5 Å². The van der Waals surface area contributed by atoms with E-state index in [1.165, 1.54) is 10.7 Å². The average Bonchev–Trinajstić information content (AvgIpc) is 2.81. The van der Waals surface area contributed by atoms with Gasteiger partial charge in [0.25, 0.3) is 0 Å². The van der Waals surface area contributed by atoms with E-state index in [2.05, 4.69) is 10.1 Å². The van der Waals surface area contributed by atoms with E-state index in [1.807, 2.05) is 0 Å². The number of carbonyl (C=O) groups is 1. The zero-order chi connectivity index (χ0) is 15.4. The number of ether oxygens (including phenoxy) is 2. The fourth-order valence-corrected chi connectivity index (χ4v) is 1.88. The number of rotatable bonds is 5. The molecule has 0 spiro atoms. The minimum Gasteiger partial charge on any atom is -0.478 e. The summed E-state index contributed by atoms with van der Waals surface area (Å²) in [6.07, 6.45) is 1.55. The molecule has 2 aromatic heterocycles.